The maximum Gasteiger partial charge on any atom is 0.327 e. The maximum absolute atomic E-state index is 12.3. The van der Waals surface area contributed by atoms with Gasteiger partial charge in [0, 0.05) is 13.1 Å². The molecule has 2 heterocycles. The van der Waals surface area contributed by atoms with Crippen molar-refractivity contribution in [2.45, 2.75) is 32.0 Å². The van der Waals surface area contributed by atoms with Crippen molar-refractivity contribution < 1.29 is 23.8 Å². The molecule has 0 bridgehead atoms. The highest BCUT2D eigenvalue weighted by molar-refractivity contribution is 5.91. The summed E-state index contributed by atoms with van der Waals surface area (Å²) in [5.41, 5.74) is -0.497. The van der Waals surface area contributed by atoms with Gasteiger partial charge in [-0.3, -0.25) is 14.5 Å². The van der Waals surface area contributed by atoms with Gasteiger partial charge in [-0.15, -0.1) is 0 Å². The standard InChI is InChI=1S/C17H21NO5/c1-16-10-18(9-11-5-7-12(21-3)8-6-11)13(14(19)22-4)17(16,2)23-15(16)20/h5-8,13H,9-10H2,1-4H3. The molecule has 1 aromatic rings. The second-order valence-corrected chi connectivity index (χ2v) is 6.51. The molecule has 2 fully saturated rings. The van der Waals surface area contributed by atoms with Crippen LogP contribution >= 0.6 is 0 Å². The Morgan fingerprint density at radius 1 is 1.30 bits per heavy atom. The predicted octanol–water partition coefficient (Wildman–Crippen LogP) is 1.37. The summed E-state index contributed by atoms with van der Waals surface area (Å²) in [7, 11) is 2.97. The molecule has 6 nitrogen and oxygen atoms in total. The van der Waals surface area contributed by atoms with Crippen LogP contribution in [0, 0.1) is 5.41 Å². The van der Waals surface area contributed by atoms with Crippen molar-refractivity contribution >= 4 is 11.9 Å². The summed E-state index contributed by atoms with van der Waals surface area (Å²) in [6.07, 6.45) is 0. The molecule has 124 valence electrons. The molecule has 0 saturated carbocycles. The molecule has 1 aromatic carbocycles. The van der Waals surface area contributed by atoms with Crippen molar-refractivity contribution in [3.63, 3.8) is 0 Å². The van der Waals surface area contributed by atoms with Crippen LogP contribution < -0.4 is 4.74 Å². The Hall–Kier alpha value is -2.08. The van der Waals surface area contributed by atoms with Crippen LogP contribution in [0.5, 0.6) is 5.75 Å². The normalized spacial score (nSPS) is 32.7. The Morgan fingerprint density at radius 2 is 1.96 bits per heavy atom. The summed E-state index contributed by atoms with van der Waals surface area (Å²) in [6.45, 7) is 4.66. The van der Waals surface area contributed by atoms with Crippen molar-refractivity contribution in [3.8, 4) is 5.75 Å². The Morgan fingerprint density at radius 3 is 2.48 bits per heavy atom. The van der Waals surface area contributed by atoms with Crippen molar-refractivity contribution in [1.82, 2.24) is 4.90 Å². The molecule has 0 aromatic heterocycles. The summed E-state index contributed by atoms with van der Waals surface area (Å²) in [5.74, 6) is 0.139. The van der Waals surface area contributed by atoms with Crippen molar-refractivity contribution in [2.24, 2.45) is 5.41 Å². The van der Waals surface area contributed by atoms with E-state index in [1.54, 1.807) is 7.11 Å². The Kier molecular flexibility index (Phi) is 3.59. The van der Waals surface area contributed by atoms with Gasteiger partial charge in [0.15, 0.2) is 5.60 Å². The number of fused-ring (bicyclic) bond motifs is 1. The molecule has 3 atom stereocenters. The second kappa shape index (κ2) is 5.23. The van der Waals surface area contributed by atoms with Crippen molar-refractivity contribution in [3.05, 3.63) is 29.8 Å². The number of ether oxygens (including phenoxy) is 3. The lowest BCUT2D eigenvalue weighted by Gasteiger charge is -2.49. The molecule has 23 heavy (non-hydrogen) atoms. The Labute approximate surface area is 135 Å². The molecule has 0 radical (unpaired) electrons. The van der Waals surface area contributed by atoms with E-state index in [4.69, 9.17) is 14.2 Å². The molecule has 0 spiro atoms. The molecule has 2 saturated heterocycles. The van der Waals surface area contributed by atoms with E-state index in [2.05, 4.69) is 0 Å². The van der Waals surface area contributed by atoms with Gasteiger partial charge in [0.25, 0.3) is 0 Å². The van der Waals surface area contributed by atoms with Gasteiger partial charge in [-0.1, -0.05) is 12.1 Å². The lowest BCUT2D eigenvalue weighted by Crippen LogP contribution is -2.67. The van der Waals surface area contributed by atoms with Crippen LogP contribution in [0.25, 0.3) is 0 Å². The third-order valence-electron chi connectivity index (χ3n) is 5.23. The number of methoxy groups -OCH3 is 2. The number of carbonyl (C=O) groups excluding carboxylic acids is 2. The molecular formula is C17H21NO5. The summed E-state index contributed by atoms with van der Waals surface area (Å²) in [4.78, 5) is 26.2. The van der Waals surface area contributed by atoms with Crippen LogP contribution in [-0.2, 0) is 25.6 Å². The number of hydrogen-bond donors (Lipinski definition) is 0. The van der Waals surface area contributed by atoms with Crippen LogP contribution in [0.4, 0.5) is 0 Å². The first kappa shape index (κ1) is 15.8. The van der Waals surface area contributed by atoms with Gasteiger partial charge in [0.1, 0.15) is 17.2 Å². The molecule has 2 aliphatic heterocycles. The van der Waals surface area contributed by atoms with Gasteiger partial charge in [-0.2, -0.15) is 0 Å². The van der Waals surface area contributed by atoms with E-state index in [9.17, 15) is 9.59 Å². The Bertz CT molecular complexity index is 643. The van der Waals surface area contributed by atoms with Crippen molar-refractivity contribution in [1.29, 1.82) is 0 Å². The first-order valence-corrected chi connectivity index (χ1v) is 7.54. The third kappa shape index (κ3) is 2.12. The highest BCUT2D eigenvalue weighted by Crippen LogP contribution is 2.55. The quantitative estimate of drug-likeness (QED) is 0.781. The van der Waals surface area contributed by atoms with Crippen LogP contribution in [0.1, 0.15) is 19.4 Å². The summed E-state index contributed by atoms with van der Waals surface area (Å²) in [5, 5.41) is 0. The minimum Gasteiger partial charge on any atom is -0.497 e. The molecule has 6 heteroatoms. The van der Waals surface area contributed by atoms with Crippen LogP contribution in [0.3, 0.4) is 0 Å². The van der Waals surface area contributed by atoms with E-state index in [0.717, 1.165) is 11.3 Å². The number of carbonyl (C=O) groups is 2. The monoisotopic (exact) mass is 319 g/mol. The van der Waals surface area contributed by atoms with Gasteiger partial charge < -0.3 is 14.2 Å². The van der Waals surface area contributed by atoms with E-state index in [1.807, 2.05) is 43.0 Å². The largest absolute Gasteiger partial charge is 0.497 e. The Balaban J connectivity index is 1.87. The van der Waals surface area contributed by atoms with Gasteiger partial charge in [-0.05, 0) is 31.5 Å². The minimum atomic E-state index is -0.844. The zero-order chi connectivity index (χ0) is 16.8. The number of esters is 2. The maximum atomic E-state index is 12.3. The van der Waals surface area contributed by atoms with Gasteiger partial charge in [0.2, 0.25) is 0 Å². The SMILES string of the molecule is COC(=O)C1N(Cc2ccc(OC)cc2)CC2(C)C(=O)OC12C. The second-order valence-electron chi connectivity index (χ2n) is 6.51. The van der Waals surface area contributed by atoms with Gasteiger partial charge in [0.05, 0.1) is 14.2 Å². The molecule has 0 amide bonds. The lowest BCUT2D eigenvalue weighted by atomic mass is 9.69. The lowest BCUT2D eigenvalue weighted by molar-refractivity contribution is -0.228. The van der Waals surface area contributed by atoms with Gasteiger partial charge >= 0.3 is 11.9 Å². The number of hydrogen-bond acceptors (Lipinski definition) is 6. The molecule has 3 rings (SSSR count). The van der Waals surface area contributed by atoms with E-state index in [-0.39, 0.29) is 11.9 Å². The smallest absolute Gasteiger partial charge is 0.327 e. The zero-order valence-corrected chi connectivity index (χ0v) is 13.8. The predicted molar refractivity (Wildman–Crippen MR) is 81.8 cm³/mol. The van der Waals surface area contributed by atoms with Crippen molar-refractivity contribution in [2.75, 3.05) is 20.8 Å². The van der Waals surface area contributed by atoms with Gasteiger partial charge in [-0.25, -0.2) is 0 Å². The number of likely N-dealkylation sites (tertiary alicyclic amines) is 1. The first-order chi connectivity index (χ1) is 10.9. The molecular weight excluding hydrogens is 298 g/mol. The van der Waals surface area contributed by atoms with Crippen LogP contribution in [-0.4, -0.2) is 49.2 Å². The van der Waals surface area contributed by atoms with E-state index in [1.165, 1.54) is 7.11 Å². The molecule has 0 aliphatic carbocycles. The van der Waals surface area contributed by atoms with E-state index >= 15 is 0 Å². The molecule has 0 N–H and O–H groups in total. The summed E-state index contributed by atoms with van der Waals surface area (Å²) < 4.78 is 15.5. The fourth-order valence-electron chi connectivity index (χ4n) is 3.60. The average Bonchev–Trinajstić information content (AvgIpc) is 2.71. The molecule has 2 aliphatic rings. The summed E-state index contributed by atoms with van der Waals surface area (Å²) in [6, 6.07) is 7.04. The topological polar surface area (TPSA) is 65.1 Å². The summed E-state index contributed by atoms with van der Waals surface area (Å²) >= 11 is 0. The number of rotatable bonds is 4. The zero-order valence-electron chi connectivity index (χ0n) is 13.8. The fraction of sp³-hybridized carbons (Fsp3) is 0.529. The van der Waals surface area contributed by atoms with E-state index in [0.29, 0.717) is 13.1 Å². The third-order valence-corrected chi connectivity index (χ3v) is 5.23. The highest BCUT2D eigenvalue weighted by Gasteiger charge is 2.74. The van der Waals surface area contributed by atoms with Crippen LogP contribution in [0.2, 0.25) is 0 Å². The first-order valence-electron chi connectivity index (χ1n) is 7.54. The number of benzene rings is 1. The van der Waals surface area contributed by atoms with Crippen LogP contribution in [0.15, 0.2) is 24.3 Å². The average molecular weight is 319 g/mol. The molecule has 3 unspecified atom stereocenters. The number of nitrogens with zero attached hydrogens (tertiary/aromatic N) is 1. The highest BCUT2D eigenvalue weighted by atomic mass is 16.6. The van der Waals surface area contributed by atoms with E-state index < -0.39 is 17.1 Å². The minimum absolute atomic E-state index is 0.258. The fourth-order valence-corrected chi connectivity index (χ4v) is 3.60.